The Hall–Kier alpha value is -2.60. The van der Waals surface area contributed by atoms with Crippen molar-refractivity contribution in [3.8, 4) is 0 Å². The van der Waals surface area contributed by atoms with Crippen LogP contribution in [0.25, 0.3) is 0 Å². The average molecular weight is 458 g/mol. The van der Waals surface area contributed by atoms with Gasteiger partial charge in [-0.15, -0.1) is 0 Å². The maximum absolute atomic E-state index is 13.9. The highest BCUT2D eigenvalue weighted by Gasteiger charge is 2.18. The van der Waals surface area contributed by atoms with Gasteiger partial charge in [0.05, 0.1) is 10.0 Å². The Morgan fingerprint density at radius 1 is 0.903 bits per heavy atom. The normalized spacial score (nSPS) is 14.5. The molecule has 1 saturated heterocycles. The number of anilines is 2. The van der Waals surface area contributed by atoms with Crippen molar-refractivity contribution in [2.75, 3.05) is 36.4 Å². The molecule has 0 unspecified atom stereocenters. The fourth-order valence-corrected chi connectivity index (χ4v) is 3.93. The van der Waals surface area contributed by atoms with Crippen LogP contribution in [0.3, 0.4) is 0 Å². The van der Waals surface area contributed by atoms with Crippen molar-refractivity contribution < 1.29 is 9.18 Å². The van der Waals surface area contributed by atoms with Gasteiger partial charge in [0, 0.05) is 55.2 Å². The molecule has 0 bridgehead atoms. The number of halogens is 3. The van der Waals surface area contributed by atoms with Crippen LogP contribution in [0.4, 0.5) is 15.8 Å². The van der Waals surface area contributed by atoms with E-state index in [2.05, 4.69) is 15.1 Å². The lowest BCUT2D eigenvalue weighted by Gasteiger charge is -2.36. The molecule has 31 heavy (non-hydrogen) atoms. The highest BCUT2D eigenvalue weighted by molar-refractivity contribution is 6.42. The molecule has 3 aromatic rings. The van der Waals surface area contributed by atoms with Crippen molar-refractivity contribution in [3.63, 3.8) is 0 Å². The second-order valence-electron chi connectivity index (χ2n) is 7.48. The van der Waals surface area contributed by atoms with Gasteiger partial charge in [0.2, 0.25) is 0 Å². The Morgan fingerprint density at radius 2 is 1.61 bits per heavy atom. The summed E-state index contributed by atoms with van der Waals surface area (Å²) in [5.41, 5.74) is 2.98. The maximum atomic E-state index is 13.9. The van der Waals surface area contributed by atoms with Gasteiger partial charge in [0.15, 0.2) is 0 Å². The summed E-state index contributed by atoms with van der Waals surface area (Å²) in [5.74, 6) is -0.392. The van der Waals surface area contributed by atoms with Gasteiger partial charge >= 0.3 is 0 Å². The highest BCUT2D eigenvalue weighted by atomic mass is 35.5. The first-order chi connectivity index (χ1) is 15.0. The molecule has 0 aliphatic carbocycles. The van der Waals surface area contributed by atoms with Crippen LogP contribution < -0.4 is 10.2 Å². The Bertz CT molecular complexity index is 1070. The average Bonchev–Trinajstić information content (AvgIpc) is 2.78. The number of benzene rings is 3. The zero-order valence-corrected chi connectivity index (χ0v) is 18.3. The number of carbonyl (C=O) groups is 1. The minimum atomic E-state index is -0.243. The van der Waals surface area contributed by atoms with Crippen molar-refractivity contribution in [1.82, 2.24) is 4.90 Å². The summed E-state index contributed by atoms with van der Waals surface area (Å²) < 4.78 is 13.9. The van der Waals surface area contributed by atoms with E-state index in [1.54, 1.807) is 24.3 Å². The second kappa shape index (κ2) is 9.69. The molecule has 4 nitrogen and oxygen atoms in total. The van der Waals surface area contributed by atoms with E-state index in [4.69, 9.17) is 23.2 Å². The number of nitrogens with zero attached hydrogens (tertiary/aromatic N) is 2. The van der Waals surface area contributed by atoms with Crippen molar-refractivity contribution in [3.05, 3.63) is 93.7 Å². The van der Waals surface area contributed by atoms with E-state index in [-0.39, 0.29) is 11.7 Å². The second-order valence-corrected chi connectivity index (χ2v) is 8.30. The van der Waals surface area contributed by atoms with Crippen LogP contribution in [0.5, 0.6) is 0 Å². The number of amides is 1. The summed E-state index contributed by atoms with van der Waals surface area (Å²) >= 11 is 11.9. The zero-order chi connectivity index (χ0) is 21.8. The number of nitrogens with one attached hydrogen (secondary N) is 1. The number of hydrogen-bond acceptors (Lipinski definition) is 3. The molecule has 0 saturated carbocycles. The molecule has 1 aliphatic rings. The van der Waals surface area contributed by atoms with Crippen LogP contribution in [0.2, 0.25) is 10.0 Å². The van der Waals surface area contributed by atoms with Gasteiger partial charge in [-0.05, 0) is 48.5 Å². The molecule has 1 aliphatic heterocycles. The van der Waals surface area contributed by atoms with Crippen molar-refractivity contribution in [2.45, 2.75) is 6.54 Å². The fraction of sp³-hybridized carbons (Fsp3) is 0.208. The Labute approximate surface area is 191 Å². The zero-order valence-electron chi connectivity index (χ0n) is 16.8. The molecular weight excluding hydrogens is 436 g/mol. The molecule has 1 amide bonds. The van der Waals surface area contributed by atoms with Crippen LogP contribution in [0.15, 0.2) is 66.7 Å². The summed E-state index contributed by atoms with van der Waals surface area (Å²) in [6.45, 7) is 4.08. The van der Waals surface area contributed by atoms with Crippen molar-refractivity contribution in [1.29, 1.82) is 0 Å². The van der Waals surface area contributed by atoms with Gasteiger partial charge in [-0.3, -0.25) is 9.69 Å². The lowest BCUT2D eigenvalue weighted by atomic mass is 10.1. The third-order valence-corrected chi connectivity index (χ3v) is 6.14. The largest absolute Gasteiger partial charge is 0.369 e. The van der Waals surface area contributed by atoms with E-state index in [1.165, 1.54) is 6.07 Å². The minimum Gasteiger partial charge on any atom is -0.369 e. The van der Waals surface area contributed by atoms with Crippen LogP contribution >= 0.6 is 23.2 Å². The van der Waals surface area contributed by atoms with Gasteiger partial charge in [-0.25, -0.2) is 4.39 Å². The number of hydrogen-bond donors (Lipinski definition) is 1. The lowest BCUT2D eigenvalue weighted by Crippen LogP contribution is -2.46. The third kappa shape index (κ3) is 5.37. The maximum Gasteiger partial charge on any atom is 0.255 e. The van der Waals surface area contributed by atoms with Crippen LogP contribution in [-0.4, -0.2) is 37.0 Å². The van der Waals surface area contributed by atoms with E-state index in [0.717, 1.165) is 37.4 Å². The summed E-state index contributed by atoms with van der Waals surface area (Å²) in [5, 5.41) is 3.63. The van der Waals surface area contributed by atoms with Gasteiger partial charge in [0.25, 0.3) is 5.91 Å². The predicted octanol–water partition coefficient (Wildman–Crippen LogP) is 5.71. The molecule has 0 spiro atoms. The van der Waals surface area contributed by atoms with Crippen LogP contribution in [0.1, 0.15) is 15.9 Å². The van der Waals surface area contributed by atoms with E-state index in [9.17, 15) is 9.18 Å². The molecule has 3 aromatic carbocycles. The van der Waals surface area contributed by atoms with Gasteiger partial charge in [-0.2, -0.15) is 0 Å². The smallest absolute Gasteiger partial charge is 0.255 e. The fourth-order valence-electron chi connectivity index (χ4n) is 3.63. The first-order valence-corrected chi connectivity index (χ1v) is 10.8. The molecule has 1 fully saturated rings. The van der Waals surface area contributed by atoms with E-state index in [1.807, 2.05) is 36.4 Å². The summed E-state index contributed by atoms with van der Waals surface area (Å²) in [4.78, 5) is 17.0. The lowest BCUT2D eigenvalue weighted by molar-refractivity contribution is 0.102. The first kappa shape index (κ1) is 21.6. The summed E-state index contributed by atoms with van der Waals surface area (Å²) in [7, 11) is 0. The Kier molecular flexibility index (Phi) is 6.76. The molecule has 160 valence electrons. The third-order valence-electron chi connectivity index (χ3n) is 5.40. The minimum absolute atomic E-state index is 0.150. The Balaban J connectivity index is 1.32. The molecule has 1 heterocycles. The number of rotatable bonds is 5. The molecule has 0 radical (unpaired) electrons. The summed E-state index contributed by atoms with van der Waals surface area (Å²) in [6.07, 6.45) is 0. The van der Waals surface area contributed by atoms with Crippen LogP contribution in [-0.2, 0) is 6.54 Å². The van der Waals surface area contributed by atoms with Crippen LogP contribution in [0, 0.1) is 5.82 Å². The molecule has 7 heteroatoms. The Morgan fingerprint density at radius 3 is 2.29 bits per heavy atom. The SMILES string of the molecule is O=C(Nc1ccc(N2CCN(Cc3ccccc3F)CC2)cc1)c1ccc(Cl)c(Cl)c1. The predicted molar refractivity (Wildman–Crippen MR) is 125 cm³/mol. The molecule has 1 N–H and O–H groups in total. The van der Waals surface area contributed by atoms with Crippen molar-refractivity contribution >= 4 is 40.5 Å². The quantitative estimate of drug-likeness (QED) is 0.532. The highest BCUT2D eigenvalue weighted by Crippen LogP contribution is 2.24. The van der Waals surface area contributed by atoms with E-state index >= 15 is 0 Å². The number of carbonyl (C=O) groups excluding carboxylic acids is 1. The van der Waals surface area contributed by atoms with Gasteiger partial charge < -0.3 is 10.2 Å². The molecule has 0 aromatic heterocycles. The topological polar surface area (TPSA) is 35.6 Å². The monoisotopic (exact) mass is 457 g/mol. The van der Waals surface area contributed by atoms with E-state index in [0.29, 0.717) is 27.8 Å². The van der Waals surface area contributed by atoms with Gasteiger partial charge in [0.1, 0.15) is 5.82 Å². The van der Waals surface area contributed by atoms with Gasteiger partial charge in [-0.1, -0.05) is 41.4 Å². The summed E-state index contributed by atoms with van der Waals surface area (Å²) in [6, 6.07) is 19.5. The molecule has 0 atom stereocenters. The van der Waals surface area contributed by atoms with Crippen molar-refractivity contribution in [2.24, 2.45) is 0 Å². The van der Waals surface area contributed by atoms with E-state index < -0.39 is 0 Å². The number of piperazine rings is 1. The standard InChI is InChI=1S/C24H22Cl2FN3O/c25-21-10-5-17(15-22(21)26)24(31)28-19-6-8-20(9-7-19)30-13-11-29(12-14-30)16-18-3-1-2-4-23(18)27/h1-10,15H,11-14,16H2,(H,28,31). The first-order valence-electron chi connectivity index (χ1n) is 10.1. The molecule has 4 rings (SSSR count). The molecular formula is C24H22Cl2FN3O.